The van der Waals surface area contributed by atoms with Gasteiger partial charge in [-0.25, -0.2) is 0 Å². The van der Waals surface area contributed by atoms with Gasteiger partial charge in [0.15, 0.2) is 0 Å². The topological polar surface area (TPSA) is 13.1 Å². The van der Waals surface area contributed by atoms with Gasteiger partial charge in [-0.3, -0.25) is 0 Å². The Hall–Kier alpha value is -1.50. The molecule has 2 rings (SSSR count). The molecule has 0 aliphatic carbocycles. The lowest BCUT2D eigenvalue weighted by atomic mass is 10.1. The molecule has 0 bridgehead atoms. The van der Waals surface area contributed by atoms with Crippen molar-refractivity contribution in [2.24, 2.45) is 0 Å². The highest BCUT2D eigenvalue weighted by molar-refractivity contribution is 5.81. The summed E-state index contributed by atoms with van der Waals surface area (Å²) < 4.78 is 5.19. The standard InChI is InChI=1S/C10H7O/c1-2-8-4-3-5-10-9(8)6-7-11-10/h3-7H,1H2. The Morgan fingerprint density at radius 2 is 2.18 bits per heavy atom. The van der Waals surface area contributed by atoms with Gasteiger partial charge in [0.2, 0.25) is 0 Å². The smallest absolute Gasteiger partial charge is 0.134 e. The highest BCUT2D eigenvalue weighted by atomic mass is 16.3. The van der Waals surface area contributed by atoms with Crippen molar-refractivity contribution in [1.29, 1.82) is 0 Å². The Morgan fingerprint density at radius 3 is 3.00 bits per heavy atom. The molecule has 0 aliphatic heterocycles. The first-order valence-electron chi connectivity index (χ1n) is 3.41. The minimum atomic E-state index is 0.888. The van der Waals surface area contributed by atoms with Crippen molar-refractivity contribution in [3.63, 3.8) is 0 Å². The molecule has 1 heteroatoms. The maximum absolute atomic E-state index is 5.19. The Bertz CT molecular complexity index is 384. The molecule has 0 unspecified atom stereocenters. The third-order valence-corrected chi connectivity index (χ3v) is 1.69. The minimum absolute atomic E-state index is 0.888. The molecule has 1 aromatic carbocycles. The molecule has 11 heavy (non-hydrogen) atoms. The van der Waals surface area contributed by atoms with Crippen molar-refractivity contribution < 1.29 is 4.42 Å². The molecular formula is C10H7O. The summed E-state index contributed by atoms with van der Waals surface area (Å²) in [4.78, 5) is 0. The summed E-state index contributed by atoms with van der Waals surface area (Å²) in [5, 5.41) is 1.07. The van der Waals surface area contributed by atoms with Crippen LogP contribution in [0, 0.1) is 6.08 Å². The van der Waals surface area contributed by atoms with Gasteiger partial charge in [-0.1, -0.05) is 18.7 Å². The third kappa shape index (κ3) is 0.855. The molecule has 0 N–H and O–H groups in total. The van der Waals surface area contributed by atoms with E-state index in [1.807, 2.05) is 24.3 Å². The zero-order valence-electron chi connectivity index (χ0n) is 6.00. The van der Waals surface area contributed by atoms with Gasteiger partial charge >= 0.3 is 0 Å². The molecule has 0 atom stereocenters. The summed E-state index contributed by atoms with van der Waals surface area (Å²) in [6.45, 7) is 3.59. The maximum Gasteiger partial charge on any atom is 0.134 e. The minimum Gasteiger partial charge on any atom is -0.464 e. The summed E-state index contributed by atoms with van der Waals surface area (Å²) in [7, 11) is 0. The zero-order chi connectivity index (χ0) is 7.68. The average Bonchev–Trinajstić information content (AvgIpc) is 2.50. The third-order valence-electron chi connectivity index (χ3n) is 1.69. The van der Waals surface area contributed by atoms with E-state index in [2.05, 4.69) is 12.7 Å². The Labute approximate surface area is 64.9 Å². The molecule has 53 valence electrons. The van der Waals surface area contributed by atoms with E-state index in [1.54, 1.807) is 6.26 Å². The molecular weight excluding hydrogens is 136 g/mol. The highest BCUT2D eigenvalue weighted by Crippen LogP contribution is 2.19. The van der Waals surface area contributed by atoms with Crippen LogP contribution in [0.4, 0.5) is 0 Å². The quantitative estimate of drug-likeness (QED) is 0.598. The number of hydrogen-bond acceptors (Lipinski definition) is 1. The van der Waals surface area contributed by atoms with Crippen LogP contribution >= 0.6 is 0 Å². The van der Waals surface area contributed by atoms with Crippen LogP contribution in [0.3, 0.4) is 0 Å². The summed E-state index contributed by atoms with van der Waals surface area (Å²) in [5.41, 5.74) is 1.88. The van der Waals surface area contributed by atoms with E-state index < -0.39 is 0 Å². The lowest BCUT2D eigenvalue weighted by Crippen LogP contribution is -1.72. The molecule has 0 saturated heterocycles. The second-order valence-corrected chi connectivity index (χ2v) is 2.31. The highest BCUT2D eigenvalue weighted by Gasteiger charge is 1.98. The van der Waals surface area contributed by atoms with Crippen LogP contribution in [0.15, 0.2) is 41.5 Å². The summed E-state index contributed by atoms with van der Waals surface area (Å²) >= 11 is 0. The van der Waals surface area contributed by atoms with Gasteiger partial charge in [0, 0.05) is 5.39 Å². The van der Waals surface area contributed by atoms with Crippen LogP contribution in [-0.4, -0.2) is 0 Å². The monoisotopic (exact) mass is 143 g/mol. The second kappa shape index (κ2) is 2.27. The lowest BCUT2D eigenvalue weighted by molar-refractivity contribution is 0.616. The second-order valence-electron chi connectivity index (χ2n) is 2.31. The first kappa shape index (κ1) is 6.23. The van der Waals surface area contributed by atoms with Crippen LogP contribution in [0.25, 0.3) is 11.0 Å². The number of fused-ring (bicyclic) bond motifs is 1. The van der Waals surface area contributed by atoms with Crippen molar-refractivity contribution in [2.45, 2.75) is 0 Å². The Balaban J connectivity index is 2.88. The zero-order valence-corrected chi connectivity index (χ0v) is 6.00. The van der Waals surface area contributed by atoms with Gasteiger partial charge in [0.05, 0.1) is 6.26 Å². The van der Waals surface area contributed by atoms with Gasteiger partial charge in [-0.2, -0.15) is 0 Å². The summed E-state index contributed by atoms with van der Waals surface area (Å²) in [6.07, 6.45) is 4.52. The van der Waals surface area contributed by atoms with Crippen LogP contribution in [0.5, 0.6) is 0 Å². The van der Waals surface area contributed by atoms with Crippen LogP contribution in [0.1, 0.15) is 5.56 Å². The van der Waals surface area contributed by atoms with Gasteiger partial charge in [0.1, 0.15) is 5.58 Å². The van der Waals surface area contributed by atoms with Crippen LogP contribution in [-0.2, 0) is 0 Å². The predicted octanol–water partition coefficient (Wildman–Crippen LogP) is 2.77. The van der Waals surface area contributed by atoms with Crippen molar-refractivity contribution in [1.82, 2.24) is 0 Å². The number of furan rings is 1. The van der Waals surface area contributed by atoms with Crippen molar-refractivity contribution in [2.75, 3.05) is 0 Å². The van der Waals surface area contributed by atoms with Crippen molar-refractivity contribution in [3.8, 4) is 0 Å². The first-order chi connectivity index (χ1) is 5.42. The van der Waals surface area contributed by atoms with Gasteiger partial charge in [0.25, 0.3) is 0 Å². The van der Waals surface area contributed by atoms with E-state index in [0.29, 0.717) is 0 Å². The van der Waals surface area contributed by atoms with E-state index in [1.165, 1.54) is 0 Å². The molecule has 0 amide bonds. The molecule has 2 aromatic rings. The number of hydrogen-bond donors (Lipinski definition) is 0. The fraction of sp³-hybridized carbons (Fsp3) is 0. The van der Waals surface area contributed by atoms with E-state index in [4.69, 9.17) is 4.42 Å². The van der Waals surface area contributed by atoms with Gasteiger partial charge < -0.3 is 4.42 Å². The normalized spacial score (nSPS) is 10.2. The molecule has 1 heterocycles. The molecule has 1 radical (unpaired) electrons. The summed E-state index contributed by atoms with van der Waals surface area (Å²) in [6, 6.07) is 7.74. The van der Waals surface area contributed by atoms with Crippen molar-refractivity contribution in [3.05, 3.63) is 48.7 Å². The number of benzene rings is 1. The molecule has 0 spiro atoms. The SMILES string of the molecule is C=[C]c1cccc2occc12. The molecule has 1 nitrogen and oxygen atoms in total. The average molecular weight is 143 g/mol. The molecule has 1 aromatic heterocycles. The van der Waals surface area contributed by atoms with Crippen LogP contribution in [0.2, 0.25) is 0 Å². The van der Waals surface area contributed by atoms with E-state index >= 15 is 0 Å². The molecule has 0 aliphatic rings. The van der Waals surface area contributed by atoms with Gasteiger partial charge in [-0.15, -0.1) is 0 Å². The Kier molecular flexibility index (Phi) is 1.29. The predicted molar refractivity (Wildman–Crippen MR) is 44.2 cm³/mol. The van der Waals surface area contributed by atoms with E-state index in [-0.39, 0.29) is 0 Å². The van der Waals surface area contributed by atoms with Gasteiger partial charge in [-0.05, 0) is 23.8 Å². The largest absolute Gasteiger partial charge is 0.464 e. The molecule has 0 saturated carbocycles. The number of rotatable bonds is 1. The van der Waals surface area contributed by atoms with E-state index in [9.17, 15) is 0 Å². The molecule has 0 fully saturated rings. The maximum atomic E-state index is 5.19. The fourth-order valence-corrected chi connectivity index (χ4v) is 1.15. The van der Waals surface area contributed by atoms with Crippen LogP contribution < -0.4 is 0 Å². The van der Waals surface area contributed by atoms with E-state index in [0.717, 1.165) is 16.5 Å². The first-order valence-corrected chi connectivity index (χ1v) is 3.41. The Morgan fingerprint density at radius 1 is 1.27 bits per heavy atom. The fourth-order valence-electron chi connectivity index (χ4n) is 1.15. The summed E-state index contributed by atoms with van der Waals surface area (Å²) in [5.74, 6) is 0. The lowest BCUT2D eigenvalue weighted by Gasteiger charge is -1.91. The van der Waals surface area contributed by atoms with Crippen molar-refractivity contribution >= 4 is 11.0 Å².